The van der Waals surface area contributed by atoms with E-state index >= 15 is 0 Å². The van der Waals surface area contributed by atoms with Crippen molar-refractivity contribution in [1.29, 1.82) is 0 Å². The molecule has 9 heteroatoms. The number of anilines is 2. The second kappa shape index (κ2) is 8.26. The lowest BCUT2D eigenvalue weighted by molar-refractivity contribution is -0.137. The van der Waals surface area contributed by atoms with E-state index in [0.29, 0.717) is 43.2 Å². The van der Waals surface area contributed by atoms with Crippen LogP contribution in [0.1, 0.15) is 18.4 Å². The smallest absolute Gasteiger partial charge is 0.417 e. The highest BCUT2D eigenvalue weighted by atomic mass is 35.5. The first kappa shape index (κ1) is 20.3. The second-order valence-electron chi connectivity index (χ2n) is 6.48. The van der Waals surface area contributed by atoms with Gasteiger partial charge in [0.2, 0.25) is 5.91 Å². The Balaban J connectivity index is 1.62. The highest BCUT2D eigenvalue weighted by Gasteiger charge is 2.33. The molecule has 1 aromatic heterocycles. The van der Waals surface area contributed by atoms with Gasteiger partial charge in [0.05, 0.1) is 23.4 Å². The van der Waals surface area contributed by atoms with Crippen molar-refractivity contribution in [3.05, 3.63) is 47.1 Å². The maximum atomic E-state index is 12.7. The number of methoxy groups -OCH3 is 1. The average molecular weight is 414 g/mol. The fraction of sp³-hybridized carbons (Fsp3) is 0.368. The molecule has 1 aliphatic rings. The third kappa shape index (κ3) is 4.49. The number of rotatable bonds is 4. The SMILES string of the molecule is COc1ccccc1NC(=O)C1CCN(c2ncc(C(F)(F)F)cc2Cl)CC1. The Hall–Kier alpha value is -2.48. The van der Waals surface area contributed by atoms with Gasteiger partial charge >= 0.3 is 6.18 Å². The predicted octanol–water partition coefficient (Wildman–Crippen LogP) is 4.62. The third-order valence-corrected chi connectivity index (χ3v) is 4.96. The Kier molecular flexibility index (Phi) is 5.98. The zero-order chi connectivity index (χ0) is 20.3. The molecule has 1 amide bonds. The van der Waals surface area contributed by atoms with Crippen LogP contribution in [0.5, 0.6) is 5.75 Å². The number of alkyl halides is 3. The van der Waals surface area contributed by atoms with E-state index in [0.717, 1.165) is 12.3 Å². The molecular formula is C19H19ClF3N3O2. The third-order valence-electron chi connectivity index (χ3n) is 4.68. The number of ether oxygens (including phenoxy) is 1. The van der Waals surface area contributed by atoms with Crippen LogP contribution in [0.25, 0.3) is 0 Å². The molecule has 5 nitrogen and oxygen atoms in total. The van der Waals surface area contributed by atoms with Crippen LogP contribution in [0.15, 0.2) is 36.5 Å². The van der Waals surface area contributed by atoms with Crippen molar-refractivity contribution in [3.63, 3.8) is 0 Å². The maximum Gasteiger partial charge on any atom is 0.417 e. The van der Waals surface area contributed by atoms with Gasteiger partial charge in [-0.05, 0) is 31.0 Å². The minimum atomic E-state index is -4.49. The normalized spacial score (nSPS) is 15.4. The molecule has 1 aliphatic heterocycles. The Morgan fingerprint density at radius 1 is 1.29 bits per heavy atom. The topological polar surface area (TPSA) is 54.5 Å². The summed E-state index contributed by atoms with van der Waals surface area (Å²) in [5.41, 5.74) is -0.280. The number of aromatic nitrogens is 1. The van der Waals surface area contributed by atoms with Crippen molar-refractivity contribution in [3.8, 4) is 5.75 Å². The van der Waals surface area contributed by atoms with Gasteiger partial charge in [0.25, 0.3) is 0 Å². The van der Waals surface area contributed by atoms with Gasteiger partial charge in [0.1, 0.15) is 11.6 Å². The number of nitrogens with zero attached hydrogens (tertiary/aromatic N) is 2. The Morgan fingerprint density at radius 2 is 1.96 bits per heavy atom. The van der Waals surface area contributed by atoms with Crippen molar-refractivity contribution in [2.75, 3.05) is 30.4 Å². The maximum absolute atomic E-state index is 12.7. The minimum Gasteiger partial charge on any atom is -0.495 e. The van der Waals surface area contributed by atoms with Gasteiger partial charge in [-0.1, -0.05) is 23.7 Å². The van der Waals surface area contributed by atoms with Gasteiger partial charge in [0.15, 0.2) is 0 Å². The number of piperidine rings is 1. The van der Waals surface area contributed by atoms with Crippen LogP contribution in [0, 0.1) is 5.92 Å². The van der Waals surface area contributed by atoms with Crippen molar-refractivity contribution in [2.24, 2.45) is 5.92 Å². The summed E-state index contributed by atoms with van der Waals surface area (Å²) >= 11 is 6.01. The lowest BCUT2D eigenvalue weighted by Gasteiger charge is -2.32. The van der Waals surface area contributed by atoms with Gasteiger partial charge in [-0.15, -0.1) is 0 Å². The van der Waals surface area contributed by atoms with Crippen LogP contribution in [-0.4, -0.2) is 31.1 Å². The van der Waals surface area contributed by atoms with Gasteiger partial charge < -0.3 is 15.0 Å². The molecule has 0 saturated carbocycles. The summed E-state index contributed by atoms with van der Waals surface area (Å²) in [5, 5.41) is 2.82. The number of halogens is 4. The Labute approximate surface area is 165 Å². The first-order valence-electron chi connectivity index (χ1n) is 8.71. The summed E-state index contributed by atoms with van der Waals surface area (Å²) in [5.74, 6) is 0.553. The fourth-order valence-corrected chi connectivity index (χ4v) is 3.44. The number of hydrogen-bond acceptors (Lipinski definition) is 4. The number of benzene rings is 1. The monoisotopic (exact) mass is 413 g/mol. The minimum absolute atomic E-state index is 0.0493. The highest BCUT2D eigenvalue weighted by Crippen LogP contribution is 2.35. The van der Waals surface area contributed by atoms with Gasteiger partial charge in [0, 0.05) is 25.2 Å². The molecule has 2 heterocycles. The molecule has 0 atom stereocenters. The van der Waals surface area contributed by atoms with Crippen LogP contribution in [-0.2, 0) is 11.0 Å². The summed E-state index contributed by atoms with van der Waals surface area (Å²) in [6.07, 6.45) is -2.62. The molecule has 1 N–H and O–H groups in total. The van der Waals surface area contributed by atoms with Crippen LogP contribution >= 0.6 is 11.6 Å². The summed E-state index contributed by atoms with van der Waals surface area (Å²) in [4.78, 5) is 18.2. The molecule has 0 bridgehead atoms. The number of pyridine rings is 1. The summed E-state index contributed by atoms with van der Waals surface area (Å²) in [6, 6.07) is 8.02. The van der Waals surface area contributed by atoms with E-state index in [1.54, 1.807) is 23.1 Å². The number of amides is 1. The number of carbonyl (C=O) groups is 1. The Bertz CT molecular complexity index is 853. The number of nitrogens with one attached hydrogen (secondary N) is 1. The first-order chi connectivity index (χ1) is 13.3. The molecule has 28 heavy (non-hydrogen) atoms. The summed E-state index contributed by atoms with van der Waals surface area (Å²) in [7, 11) is 1.53. The molecule has 1 aromatic carbocycles. The second-order valence-corrected chi connectivity index (χ2v) is 6.89. The van der Waals surface area contributed by atoms with Gasteiger partial charge in [-0.2, -0.15) is 13.2 Å². The standard InChI is InChI=1S/C19H19ClF3N3O2/c1-28-16-5-3-2-4-15(16)25-18(27)12-6-8-26(9-7-12)17-14(20)10-13(11-24-17)19(21,22)23/h2-5,10-12H,6-9H2,1H3,(H,25,27). The van der Waals surface area contributed by atoms with Crippen molar-refractivity contribution < 1.29 is 22.7 Å². The van der Waals surface area contributed by atoms with Crippen LogP contribution in [0.3, 0.4) is 0 Å². The lowest BCUT2D eigenvalue weighted by atomic mass is 9.95. The molecule has 0 radical (unpaired) electrons. The zero-order valence-electron chi connectivity index (χ0n) is 15.1. The number of carbonyl (C=O) groups excluding carboxylic acids is 1. The van der Waals surface area contributed by atoms with E-state index in [-0.39, 0.29) is 16.8 Å². The Morgan fingerprint density at radius 3 is 2.57 bits per heavy atom. The molecule has 2 aromatic rings. The van der Waals surface area contributed by atoms with Crippen molar-refractivity contribution >= 4 is 29.0 Å². The predicted molar refractivity (Wildman–Crippen MR) is 101 cm³/mol. The van der Waals surface area contributed by atoms with E-state index in [4.69, 9.17) is 16.3 Å². The largest absolute Gasteiger partial charge is 0.495 e. The molecule has 1 fully saturated rings. The molecule has 0 spiro atoms. The molecule has 0 aliphatic carbocycles. The molecule has 150 valence electrons. The van der Waals surface area contributed by atoms with E-state index < -0.39 is 11.7 Å². The van der Waals surface area contributed by atoms with Gasteiger partial charge in [-0.25, -0.2) is 4.98 Å². The molecule has 3 rings (SSSR count). The molecule has 1 saturated heterocycles. The van der Waals surface area contributed by atoms with Crippen molar-refractivity contribution in [1.82, 2.24) is 4.98 Å². The van der Waals surface area contributed by atoms with Crippen LogP contribution in [0.2, 0.25) is 5.02 Å². The fourth-order valence-electron chi connectivity index (χ4n) is 3.15. The van der Waals surface area contributed by atoms with Gasteiger partial charge in [-0.3, -0.25) is 4.79 Å². The van der Waals surface area contributed by atoms with E-state index in [9.17, 15) is 18.0 Å². The number of para-hydroxylation sites is 2. The zero-order valence-corrected chi connectivity index (χ0v) is 15.8. The summed E-state index contributed by atoms with van der Waals surface area (Å²) in [6.45, 7) is 0.949. The van der Waals surface area contributed by atoms with E-state index in [2.05, 4.69) is 10.3 Å². The summed E-state index contributed by atoms with van der Waals surface area (Å²) < 4.78 is 43.5. The molecule has 0 unspecified atom stereocenters. The highest BCUT2D eigenvalue weighted by molar-refractivity contribution is 6.33. The van der Waals surface area contributed by atoms with E-state index in [1.165, 1.54) is 7.11 Å². The lowest BCUT2D eigenvalue weighted by Crippen LogP contribution is -2.38. The quantitative estimate of drug-likeness (QED) is 0.794. The first-order valence-corrected chi connectivity index (χ1v) is 9.09. The average Bonchev–Trinajstić information content (AvgIpc) is 2.68. The van der Waals surface area contributed by atoms with E-state index in [1.807, 2.05) is 6.07 Å². The number of hydrogen-bond donors (Lipinski definition) is 1. The van der Waals surface area contributed by atoms with Crippen LogP contribution < -0.4 is 15.0 Å². The van der Waals surface area contributed by atoms with Crippen molar-refractivity contribution in [2.45, 2.75) is 19.0 Å². The molecular weight excluding hydrogens is 395 g/mol. The van der Waals surface area contributed by atoms with Crippen LogP contribution in [0.4, 0.5) is 24.7 Å².